The normalized spacial score (nSPS) is 11.8. The number of carbonyl (C=O) groups is 1. The van der Waals surface area contributed by atoms with Crippen molar-refractivity contribution in [1.82, 2.24) is 0 Å². The molecule has 0 saturated heterocycles. The number of nitrogens with one attached hydrogen (secondary N) is 1. The number of hydrogen-bond donors (Lipinski definition) is 2. The molecular weight excluding hydrogens is 226 g/mol. The summed E-state index contributed by atoms with van der Waals surface area (Å²) in [4.78, 5) is 11.3. The van der Waals surface area contributed by atoms with Crippen LogP contribution in [0, 0.1) is 6.92 Å². The molecule has 0 radical (unpaired) electrons. The Morgan fingerprint density at radius 2 is 1.83 bits per heavy atom. The fourth-order valence-corrected chi connectivity index (χ4v) is 1.83. The Balaban J connectivity index is 2.25. The summed E-state index contributed by atoms with van der Waals surface area (Å²) in [5.41, 5.74) is 2.65. The van der Waals surface area contributed by atoms with E-state index in [1.807, 2.05) is 61.5 Å². The summed E-state index contributed by atoms with van der Waals surface area (Å²) in [6, 6.07) is 16.1. The van der Waals surface area contributed by atoms with Gasteiger partial charge >= 0.3 is 5.97 Å². The molecule has 0 heterocycles. The van der Waals surface area contributed by atoms with Crippen LogP contribution in [-0.2, 0) is 4.79 Å². The molecule has 0 fully saturated rings. The molecule has 1 atom stereocenters. The number of anilines is 1. The van der Waals surface area contributed by atoms with Gasteiger partial charge in [-0.3, -0.25) is 0 Å². The van der Waals surface area contributed by atoms with Gasteiger partial charge in [-0.05, 0) is 30.2 Å². The first-order valence-corrected chi connectivity index (χ1v) is 5.78. The molecule has 2 aromatic carbocycles. The maximum Gasteiger partial charge on any atom is 0.330 e. The lowest BCUT2D eigenvalue weighted by Crippen LogP contribution is -2.20. The standard InChI is InChI=1S/C15H15NO2/c1-11-6-5-9-13(10-11)16-14(15(17)18)12-7-3-2-4-8-12/h2-10,14,16H,1H3,(H,17,18)/t14-/m1/s1. The predicted molar refractivity (Wildman–Crippen MR) is 71.6 cm³/mol. The Hall–Kier alpha value is -2.29. The number of aliphatic carboxylic acids is 1. The maximum atomic E-state index is 11.3. The van der Waals surface area contributed by atoms with Gasteiger partial charge in [0, 0.05) is 5.69 Å². The summed E-state index contributed by atoms with van der Waals surface area (Å²) in [6.07, 6.45) is 0. The summed E-state index contributed by atoms with van der Waals surface area (Å²) in [7, 11) is 0. The Morgan fingerprint density at radius 3 is 2.44 bits per heavy atom. The molecule has 0 aliphatic rings. The summed E-state index contributed by atoms with van der Waals surface area (Å²) in [5.74, 6) is -0.886. The third-order valence-electron chi connectivity index (χ3n) is 2.71. The van der Waals surface area contributed by atoms with Crippen molar-refractivity contribution in [2.75, 3.05) is 5.32 Å². The van der Waals surface area contributed by atoms with E-state index in [2.05, 4.69) is 5.32 Å². The van der Waals surface area contributed by atoms with Crippen molar-refractivity contribution in [3.63, 3.8) is 0 Å². The second-order valence-electron chi connectivity index (χ2n) is 4.20. The zero-order chi connectivity index (χ0) is 13.0. The zero-order valence-corrected chi connectivity index (χ0v) is 10.1. The average molecular weight is 241 g/mol. The van der Waals surface area contributed by atoms with Gasteiger partial charge in [-0.25, -0.2) is 4.79 Å². The van der Waals surface area contributed by atoms with Crippen LogP contribution in [0.5, 0.6) is 0 Å². The van der Waals surface area contributed by atoms with Crippen LogP contribution in [0.15, 0.2) is 54.6 Å². The first-order chi connectivity index (χ1) is 8.66. The van der Waals surface area contributed by atoms with E-state index in [9.17, 15) is 9.90 Å². The van der Waals surface area contributed by atoms with Crippen LogP contribution in [0.2, 0.25) is 0 Å². The highest BCUT2D eigenvalue weighted by atomic mass is 16.4. The first-order valence-electron chi connectivity index (χ1n) is 5.78. The molecule has 2 aromatic rings. The molecule has 0 aliphatic heterocycles. The predicted octanol–water partition coefficient (Wildman–Crippen LogP) is 3.23. The van der Waals surface area contributed by atoms with Gasteiger partial charge in [0.05, 0.1) is 0 Å². The highest BCUT2D eigenvalue weighted by molar-refractivity contribution is 5.79. The lowest BCUT2D eigenvalue weighted by molar-refractivity contribution is -0.138. The minimum atomic E-state index is -0.886. The van der Waals surface area contributed by atoms with E-state index in [1.165, 1.54) is 0 Å². The topological polar surface area (TPSA) is 49.3 Å². The lowest BCUT2D eigenvalue weighted by atomic mass is 10.1. The number of carboxylic acids is 1. The Morgan fingerprint density at radius 1 is 1.11 bits per heavy atom. The van der Waals surface area contributed by atoms with E-state index in [-0.39, 0.29) is 0 Å². The third-order valence-corrected chi connectivity index (χ3v) is 2.71. The molecule has 2 rings (SSSR count). The van der Waals surface area contributed by atoms with Crippen LogP contribution in [0.25, 0.3) is 0 Å². The van der Waals surface area contributed by atoms with E-state index in [4.69, 9.17) is 0 Å². The van der Waals surface area contributed by atoms with Crippen molar-refractivity contribution in [2.45, 2.75) is 13.0 Å². The summed E-state index contributed by atoms with van der Waals surface area (Å²) >= 11 is 0. The molecule has 2 N–H and O–H groups in total. The van der Waals surface area contributed by atoms with Gasteiger partial charge < -0.3 is 10.4 Å². The smallest absolute Gasteiger partial charge is 0.330 e. The van der Waals surface area contributed by atoms with Gasteiger partial charge in [-0.1, -0.05) is 42.5 Å². The molecule has 92 valence electrons. The van der Waals surface area contributed by atoms with Gasteiger partial charge in [0.15, 0.2) is 6.04 Å². The number of rotatable bonds is 4. The number of aryl methyl sites for hydroxylation is 1. The van der Waals surface area contributed by atoms with Crippen molar-refractivity contribution in [1.29, 1.82) is 0 Å². The highest BCUT2D eigenvalue weighted by Gasteiger charge is 2.18. The quantitative estimate of drug-likeness (QED) is 0.864. The van der Waals surface area contributed by atoms with E-state index in [0.29, 0.717) is 0 Å². The van der Waals surface area contributed by atoms with E-state index >= 15 is 0 Å². The second-order valence-corrected chi connectivity index (χ2v) is 4.20. The molecule has 0 amide bonds. The van der Waals surface area contributed by atoms with Crippen LogP contribution in [-0.4, -0.2) is 11.1 Å². The molecule has 0 aromatic heterocycles. The minimum Gasteiger partial charge on any atom is -0.479 e. The number of carboxylic acid groups (broad SMARTS) is 1. The van der Waals surface area contributed by atoms with E-state index < -0.39 is 12.0 Å². The number of hydrogen-bond acceptors (Lipinski definition) is 2. The zero-order valence-electron chi connectivity index (χ0n) is 10.1. The molecular formula is C15H15NO2. The summed E-state index contributed by atoms with van der Waals surface area (Å²) in [6.45, 7) is 1.98. The fourth-order valence-electron chi connectivity index (χ4n) is 1.83. The van der Waals surface area contributed by atoms with Crippen molar-refractivity contribution >= 4 is 11.7 Å². The van der Waals surface area contributed by atoms with Gasteiger partial charge in [0.2, 0.25) is 0 Å². The Labute approximate surface area is 106 Å². The van der Waals surface area contributed by atoms with Crippen molar-refractivity contribution < 1.29 is 9.90 Å². The van der Waals surface area contributed by atoms with Gasteiger partial charge in [-0.2, -0.15) is 0 Å². The van der Waals surface area contributed by atoms with Gasteiger partial charge in [0.25, 0.3) is 0 Å². The molecule has 0 saturated carbocycles. The average Bonchev–Trinajstić information content (AvgIpc) is 2.37. The third kappa shape index (κ3) is 2.88. The second kappa shape index (κ2) is 5.36. The van der Waals surface area contributed by atoms with Crippen molar-refractivity contribution in [2.24, 2.45) is 0 Å². The maximum absolute atomic E-state index is 11.3. The van der Waals surface area contributed by atoms with Crippen molar-refractivity contribution in [3.8, 4) is 0 Å². The minimum absolute atomic E-state index is 0.729. The van der Waals surface area contributed by atoms with Crippen LogP contribution in [0.3, 0.4) is 0 Å². The fraction of sp³-hybridized carbons (Fsp3) is 0.133. The molecule has 0 aliphatic carbocycles. The van der Waals surface area contributed by atoms with Gasteiger partial charge in [0.1, 0.15) is 0 Å². The highest BCUT2D eigenvalue weighted by Crippen LogP contribution is 2.20. The SMILES string of the molecule is Cc1cccc(N[C@@H](C(=O)O)c2ccccc2)c1. The molecule has 3 heteroatoms. The van der Waals surface area contributed by atoms with Crippen LogP contribution < -0.4 is 5.32 Å². The first kappa shape index (κ1) is 12.2. The molecule has 3 nitrogen and oxygen atoms in total. The molecule has 18 heavy (non-hydrogen) atoms. The Kier molecular flexibility index (Phi) is 3.63. The largest absolute Gasteiger partial charge is 0.479 e. The van der Waals surface area contributed by atoms with Gasteiger partial charge in [-0.15, -0.1) is 0 Å². The van der Waals surface area contributed by atoms with Crippen LogP contribution >= 0.6 is 0 Å². The Bertz CT molecular complexity index is 537. The van der Waals surface area contributed by atoms with Crippen molar-refractivity contribution in [3.05, 3.63) is 65.7 Å². The monoisotopic (exact) mass is 241 g/mol. The molecule has 0 bridgehead atoms. The lowest BCUT2D eigenvalue weighted by Gasteiger charge is -2.16. The molecule has 0 unspecified atom stereocenters. The van der Waals surface area contributed by atoms with Crippen LogP contribution in [0.1, 0.15) is 17.2 Å². The van der Waals surface area contributed by atoms with E-state index in [0.717, 1.165) is 16.8 Å². The van der Waals surface area contributed by atoms with Crippen LogP contribution in [0.4, 0.5) is 5.69 Å². The summed E-state index contributed by atoms with van der Waals surface area (Å²) < 4.78 is 0. The van der Waals surface area contributed by atoms with E-state index in [1.54, 1.807) is 0 Å². The number of benzene rings is 2. The summed E-state index contributed by atoms with van der Waals surface area (Å²) in [5, 5.41) is 12.3. The molecule has 0 spiro atoms.